The molecule has 1 N–H and O–H groups in total. The average molecular weight is 323 g/mol. The van der Waals surface area contributed by atoms with Gasteiger partial charge in [0.25, 0.3) is 5.91 Å². The minimum absolute atomic E-state index is 0.0390. The normalized spacial score (nSPS) is 17.9. The number of urea groups is 1. The number of carbonyl (C=O) groups is 3. The highest BCUT2D eigenvalue weighted by Crippen LogP contribution is 2.36. The number of thiophene rings is 1. The second-order valence-electron chi connectivity index (χ2n) is 5.34. The zero-order chi connectivity index (χ0) is 15.9. The minimum Gasteiger partial charge on any atom is -0.490 e. The molecule has 118 valence electrons. The fourth-order valence-electron chi connectivity index (χ4n) is 2.54. The Morgan fingerprint density at radius 3 is 2.82 bits per heavy atom. The number of ether oxygens (including phenoxy) is 1. The van der Waals surface area contributed by atoms with Crippen LogP contribution in [0.3, 0.4) is 0 Å². The van der Waals surface area contributed by atoms with E-state index >= 15 is 0 Å². The van der Waals surface area contributed by atoms with Crippen LogP contribution in [0.2, 0.25) is 0 Å². The Morgan fingerprint density at radius 2 is 2.14 bits per heavy atom. The minimum atomic E-state index is -0.507. The third-order valence-corrected chi connectivity index (χ3v) is 5.10. The van der Waals surface area contributed by atoms with Crippen molar-refractivity contribution in [1.29, 1.82) is 0 Å². The molecule has 0 radical (unpaired) electrons. The van der Waals surface area contributed by atoms with Gasteiger partial charge in [-0.2, -0.15) is 0 Å². The van der Waals surface area contributed by atoms with Gasteiger partial charge < -0.3 is 15.0 Å². The van der Waals surface area contributed by atoms with E-state index < -0.39 is 6.03 Å². The molecule has 2 aliphatic heterocycles. The van der Waals surface area contributed by atoms with Gasteiger partial charge in [0.05, 0.1) is 24.5 Å². The molecule has 0 bridgehead atoms. The predicted molar refractivity (Wildman–Crippen MR) is 79.8 cm³/mol. The average Bonchev–Trinajstić information content (AvgIpc) is 2.84. The lowest BCUT2D eigenvalue weighted by Crippen LogP contribution is -2.43. The Hall–Kier alpha value is -2.09. The summed E-state index contributed by atoms with van der Waals surface area (Å²) in [6.45, 7) is 5.09. The van der Waals surface area contributed by atoms with Gasteiger partial charge in [0.1, 0.15) is 18.9 Å². The Bertz CT molecular complexity index is 639. The van der Waals surface area contributed by atoms with Crippen molar-refractivity contribution >= 4 is 29.2 Å². The summed E-state index contributed by atoms with van der Waals surface area (Å²) in [6, 6.07) is -0.507. The molecule has 4 amide bonds. The van der Waals surface area contributed by atoms with Crippen LogP contribution in [0.1, 0.15) is 15.3 Å². The van der Waals surface area contributed by atoms with Crippen molar-refractivity contribution in [1.82, 2.24) is 15.1 Å². The number of hydrogen-bond donors (Lipinski definition) is 1. The third-order valence-electron chi connectivity index (χ3n) is 3.92. The number of imide groups is 1. The van der Waals surface area contributed by atoms with Gasteiger partial charge in [0, 0.05) is 10.4 Å². The second kappa shape index (κ2) is 5.60. The fourth-order valence-corrected chi connectivity index (χ4v) is 3.68. The zero-order valence-corrected chi connectivity index (χ0v) is 13.3. The van der Waals surface area contributed by atoms with Gasteiger partial charge in [-0.3, -0.25) is 14.5 Å². The standard InChI is InChI=1S/C14H17N3O4S/c1-8-9(2)22-10-6-16(3-4-21-13(8)10)12(19)7-17-11(18)5-15-14(17)20/h3-7H2,1-2H3,(H,15,20). The molecule has 3 heterocycles. The largest absolute Gasteiger partial charge is 0.490 e. The lowest BCUT2D eigenvalue weighted by atomic mass is 10.2. The first-order valence-corrected chi connectivity index (χ1v) is 7.86. The quantitative estimate of drug-likeness (QED) is 0.810. The topological polar surface area (TPSA) is 79.0 Å². The summed E-state index contributed by atoms with van der Waals surface area (Å²) in [7, 11) is 0. The van der Waals surface area contributed by atoms with Crippen LogP contribution in [0, 0.1) is 13.8 Å². The Labute approximate surface area is 131 Å². The molecule has 1 aromatic rings. The molecule has 1 fully saturated rings. The van der Waals surface area contributed by atoms with Crippen molar-refractivity contribution in [2.75, 3.05) is 26.2 Å². The highest BCUT2D eigenvalue weighted by molar-refractivity contribution is 7.12. The van der Waals surface area contributed by atoms with Crippen LogP contribution in [0.5, 0.6) is 5.75 Å². The molecule has 0 aromatic carbocycles. The fraction of sp³-hybridized carbons (Fsp3) is 0.500. The van der Waals surface area contributed by atoms with E-state index in [1.165, 1.54) is 4.88 Å². The molecular formula is C14H17N3O4S. The maximum Gasteiger partial charge on any atom is 0.325 e. The predicted octanol–water partition coefficient (Wildman–Crippen LogP) is 0.638. The molecule has 0 unspecified atom stereocenters. The van der Waals surface area contributed by atoms with E-state index in [2.05, 4.69) is 5.32 Å². The number of hydrogen-bond acceptors (Lipinski definition) is 5. The molecule has 8 heteroatoms. The smallest absolute Gasteiger partial charge is 0.325 e. The summed E-state index contributed by atoms with van der Waals surface area (Å²) >= 11 is 1.62. The third kappa shape index (κ3) is 2.54. The number of fused-ring (bicyclic) bond motifs is 1. The summed E-state index contributed by atoms with van der Waals surface area (Å²) < 4.78 is 5.75. The van der Waals surface area contributed by atoms with Gasteiger partial charge >= 0.3 is 6.03 Å². The highest BCUT2D eigenvalue weighted by atomic mass is 32.1. The van der Waals surface area contributed by atoms with Gasteiger partial charge in [-0.15, -0.1) is 11.3 Å². The van der Waals surface area contributed by atoms with Crippen LogP contribution in [0.25, 0.3) is 0 Å². The summed E-state index contributed by atoms with van der Waals surface area (Å²) in [5.74, 6) is 0.256. The van der Waals surface area contributed by atoms with E-state index in [0.717, 1.165) is 21.1 Å². The number of amides is 4. The number of rotatable bonds is 2. The highest BCUT2D eigenvalue weighted by Gasteiger charge is 2.32. The molecule has 3 rings (SSSR count). The van der Waals surface area contributed by atoms with Crippen molar-refractivity contribution in [2.24, 2.45) is 0 Å². The molecule has 0 atom stereocenters. The maximum absolute atomic E-state index is 12.4. The van der Waals surface area contributed by atoms with Gasteiger partial charge in [0.15, 0.2) is 0 Å². The molecule has 1 saturated heterocycles. The van der Waals surface area contributed by atoms with Crippen molar-refractivity contribution in [3.63, 3.8) is 0 Å². The number of nitrogens with one attached hydrogen (secondary N) is 1. The first-order valence-electron chi connectivity index (χ1n) is 7.05. The van der Waals surface area contributed by atoms with Crippen LogP contribution in [0.4, 0.5) is 4.79 Å². The van der Waals surface area contributed by atoms with E-state index in [1.54, 1.807) is 16.2 Å². The van der Waals surface area contributed by atoms with E-state index in [0.29, 0.717) is 19.7 Å². The van der Waals surface area contributed by atoms with E-state index in [1.807, 2.05) is 13.8 Å². The van der Waals surface area contributed by atoms with Gasteiger partial charge in [-0.05, 0) is 13.8 Å². The van der Waals surface area contributed by atoms with E-state index in [9.17, 15) is 14.4 Å². The van der Waals surface area contributed by atoms with Gasteiger partial charge in [-0.25, -0.2) is 4.79 Å². The molecule has 0 spiro atoms. The molecule has 0 aliphatic carbocycles. The van der Waals surface area contributed by atoms with Crippen molar-refractivity contribution in [3.8, 4) is 5.75 Å². The first kappa shape index (κ1) is 14.8. The summed E-state index contributed by atoms with van der Waals surface area (Å²) in [5, 5.41) is 2.41. The Kier molecular flexibility index (Phi) is 3.78. The van der Waals surface area contributed by atoms with Crippen LogP contribution in [0.15, 0.2) is 0 Å². The van der Waals surface area contributed by atoms with Crippen LogP contribution in [-0.2, 0) is 16.1 Å². The first-order chi connectivity index (χ1) is 10.5. The number of nitrogens with zero attached hydrogens (tertiary/aromatic N) is 2. The van der Waals surface area contributed by atoms with Gasteiger partial charge in [0.2, 0.25) is 5.91 Å². The summed E-state index contributed by atoms with van der Waals surface area (Å²) in [5.41, 5.74) is 1.11. The zero-order valence-electron chi connectivity index (χ0n) is 12.5. The SMILES string of the molecule is Cc1sc2c(c1C)OCCN(C(=O)CN1C(=O)CNC1=O)C2. The maximum atomic E-state index is 12.4. The van der Waals surface area contributed by atoms with Crippen LogP contribution in [-0.4, -0.2) is 53.9 Å². The molecule has 0 saturated carbocycles. The molecule has 1 aromatic heterocycles. The second-order valence-corrected chi connectivity index (χ2v) is 6.65. The Balaban J connectivity index is 1.73. The van der Waals surface area contributed by atoms with Crippen LogP contribution >= 0.6 is 11.3 Å². The molecule has 22 heavy (non-hydrogen) atoms. The summed E-state index contributed by atoms with van der Waals surface area (Å²) in [4.78, 5) is 40.3. The monoisotopic (exact) mass is 323 g/mol. The van der Waals surface area contributed by atoms with E-state index in [-0.39, 0.29) is 24.9 Å². The van der Waals surface area contributed by atoms with Crippen LogP contribution < -0.4 is 10.1 Å². The van der Waals surface area contributed by atoms with Crippen molar-refractivity contribution < 1.29 is 19.1 Å². The lowest BCUT2D eigenvalue weighted by Gasteiger charge is -2.21. The van der Waals surface area contributed by atoms with Crippen molar-refractivity contribution in [3.05, 3.63) is 15.3 Å². The Morgan fingerprint density at radius 1 is 1.36 bits per heavy atom. The number of aryl methyl sites for hydroxylation is 1. The van der Waals surface area contributed by atoms with Crippen molar-refractivity contribution in [2.45, 2.75) is 20.4 Å². The number of carbonyl (C=O) groups excluding carboxylic acids is 3. The summed E-state index contributed by atoms with van der Waals surface area (Å²) in [6.07, 6.45) is 0. The molecular weight excluding hydrogens is 306 g/mol. The van der Waals surface area contributed by atoms with Gasteiger partial charge in [-0.1, -0.05) is 0 Å². The van der Waals surface area contributed by atoms with E-state index in [4.69, 9.17) is 4.74 Å². The molecule has 2 aliphatic rings. The molecule has 7 nitrogen and oxygen atoms in total. The lowest BCUT2D eigenvalue weighted by molar-refractivity contribution is -0.137.